The Bertz CT molecular complexity index is 575. The second-order valence-corrected chi connectivity index (χ2v) is 9.68. The Hall–Kier alpha value is -1.06. The van der Waals surface area contributed by atoms with Gasteiger partial charge >= 0.3 is 5.97 Å². The molecule has 0 spiro atoms. The number of nitrogens with one attached hydrogen (secondary N) is 1. The van der Waals surface area contributed by atoms with Crippen LogP contribution in [-0.4, -0.2) is 24.5 Å². The number of carbonyl (C=O) groups excluding carboxylic acids is 2. The molecule has 0 aromatic rings. The van der Waals surface area contributed by atoms with E-state index in [9.17, 15) is 9.59 Å². The SMILES string of the molecule is CC(=O)O[C@H]1CCC2C3CC[C@H]4CC(=O)NCCC4(C)C3CCC21C. The maximum absolute atomic E-state index is 12.1. The van der Waals surface area contributed by atoms with E-state index in [-0.39, 0.29) is 23.4 Å². The molecular formula is C21H33NO3. The molecule has 4 aliphatic rings. The van der Waals surface area contributed by atoms with Gasteiger partial charge in [0.2, 0.25) is 5.91 Å². The Balaban J connectivity index is 1.59. The van der Waals surface area contributed by atoms with Crippen molar-refractivity contribution in [2.75, 3.05) is 6.54 Å². The molecule has 140 valence electrons. The number of carbonyl (C=O) groups is 2. The Kier molecular flexibility index (Phi) is 4.16. The highest BCUT2D eigenvalue weighted by molar-refractivity contribution is 5.76. The van der Waals surface area contributed by atoms with Crippen LogP contribution in [0.3, 0.4) is 0 Å². The van der Waals surface area contributed by atoms with Gasteiger partial charge in [0.1, 0.15) is 6.10 Å². The molecule has 3 saturated carbocycles. The van der Waals surface area contributed by atoms with Gasteiger partial charge in [-0.3, -0.25) is 9.59 Å². The highest BCUT2D eigenvalue weighted by atomic mass is 16.5. The number of esters is 1. The number of hydrogen-bond donors (Lipinski definition) is 1. The molecule has 1 amide bonds. The maximum atomic E-state index is 12.1. The van der Waals surface area contributed by atoms with Crippen molar-refractivity contribution in [3.05, 3.63) is 0 Å². The number of rotatable bonds is 1. The quantitative estimate of drug-likeness (QED) is 0.736. The molecule has 0 bridgehead atoms. The summed E-state index contributed by atoms with van der Waals surface area (Å²) >= 11 is 0. The van der Waals surface area contributed by atoms with E-state index in [0.29, 0.717) is 17.3 Å². The molecule has 1 N–H and O–H groups in total. The lowest BCUT2D eigenvalue weighted by Crippen LogP contribution is -2.53. The van der Waals surface area contributed by atoms with E-state index in [0.717, 1.165) is 37.6 Å². The summed E-state index contributed by atoms with van der Waals surface area (Å²) < 4.78 is 5.74. The molecule has 1 saturated heterocycles. The monoisotopic (exact) mass is 347 g/mol. The fraction of sp³-hybridized carbons (Fsp3) is 0.905. The molecular weight excluding hydrogens is 314 g/mol. The van der Waals surface area contributed by atoms with E-state index in [2.05, 4.69) is 19.2 Å². The van der Waals surface area contributed by atoms with Crippen LogP contribution in [-0.2, 0) is 14.3 Å². The zero-order chi connectivity index (χ0) is 17.8. The van der Waals surface area contributed by atoms with Crippen LogP contribution in [0.25, 0.3) is 0 Å². The molecule has 5 unspecified atom stereocenters. The molecule has 0 radical (unpaired) electrons. The molecule has 4 rings (SSSR count). The second-order valence-electron chi connectivity index (χ2n) is 9.68. The molecule has 4 heteroatoms. The first kappa shape index (κ1) is 17.4. The average Bonchev–Trinajstić information content (AvgIpc) is 2.77. The van der Waals surface area contributed by atoms with Crippen LogP contribution >= 0.6 is 0 Å². The first-order valence-electron chi connectivity index (χ1n) is 10.3. The average molecular weight is 347 g/mol. The maximum Gasteiger partial charge on any atom is 0.302 e. The van der Waals surface area contributed by atoms with E-state index < -0.39 is 0 Å². The normalized spacial score (nSPS) is 49.2. The van der Waals surface area contributed by atoms with Crippen LogP contribution in [0.5, 0.6) is 0 Å². The third-order valence-corrected chi connectivity index (χ3v) is 8.70. The van der Waals surface area contributed by atoms with Gasteiger partial charge in [-0.2, -0.15) is 0 Å². The molecule has 4 fully saturated rings. The Morgan fingerprint density at radius 1 is 1.04 bits per heavy atom. The van der Waals surface area contributed by atoms with Gasteiger partial charge in [0.05, 0.1) is 0 Å². The zero-order valence-electron chi connectivity index (χ0n) is 16.0. The Morgan fingerprint density at radius 3 is 2.56 bits per heavy atom. The van der Waals surface area contributed by atoms with Crippen molar-refractivity contribution in [2.24, 2.45) is 34.5 Å². The molecule has 7 atom stereocenters. The summed E-state index contributed by atoms with van der Waals surface area (Å²) in [6.07, 6.45) is 9.04. The summed E-state index contributed by atoms with van der Waals surface area (Å²) in [7, 11) is 0. The standard InChI is InChI=1S/C21H33NO3/c1-13(23)25-18-7-6-16-15-5-4-14-12-19(24)22-11-10-20(14,2)17(15)8-9-21(16,18)3/h14-18H,4-12H2,1-3H3,(H,22,24)/t14-,15?,16?,17?,18-,20?,21?/m0/s1. The van der Waals surface area contributed by atoms with Crippen LogP contribution in [0.15, 0.2) is 0 Å². The van der Waals surface area contributed by atoms with Crippen molar-refractivity contribution >= 4 is 11.9 Å². The summed E-state index contributed by atoms with van der Waals surface area (Å²) in [5, 5.41) is 3.11. The molecule has 25 heavy (non-hydrogen) atoms. The fourth-order valence-corrected chi connectivity index (χ4v) is 7.37. The van der Waals surface area contributed by atoms with Crippen molar-refractivity contribution in [2.45, 2.75) is 78.2 Å². The lowest BCUT2D eigenvalue weighted by molar-refractivity contribution is -0.160. The first-order valence-corrected chi connectivity index (χ1v) is 10.3. The Morgan fingerprint density at radius 2 is 1.80 bits per heavy atom. The van der Waals surface area contributed by atoms with Gasteiger partial charge in [0, 0.05) is 25.3 Å². The van der Waals surface area contributed by atoms with Gasteiger partial charge in [0.15, 0.2) is 0 Å². The predicted molar refractivity (Wildman–Crippen MR) is 95.7 cm³/mol. The van der Waals surface area contributed by atoms with E-state index in [4.69, 9.17) is 4.74 Å². The van der Waals surface area contributed by atoms with Crippen LogP contribution in [0, 0.1) is 34.5 Å². The third kappa shape index (κ3) is 2.62. The van der Waals surface area contributed by atoms with Crippen molar-refractivity contribution in [3.8, 4) is 0 Å². The van der Waals surface area contributed by atoms with Crippen molar-refractivity contribution in [3.63, 3.8) is 0 Å². The number of ether oxygens (including phenoxy) is 1. The van der Waals surface area contributed by atoms with Gasteiger partial charge < -0.3 is 10.1 Å². The lowest BCUT2D eigenvalue weighted by atomic mass is 9.47. The Labute approximate surface area is 151 Å². The van der Waals surface area contributed by atoms with E-state index in [1.165, 1.54) is 32.1 Å². The molecule has 1 aliphatic heterocycles. The van der Waals surface area contributed by atoms with Gasteiger partial charge in [0.25, 0.3) is 0 Å². The molecule has 0 aromatic heterocycles. The highest BCUT2D eigenvalue weighted by Gasteiger charge is 2.60. The van der Waals surface area contributed by atoms with Crippen molar-refractivity contribution in [1.82, 2.24) is 5.32 Å². The lowest BCUT2D eigenvalue weighted by Gasteiger charge is -2.58. The minimum absolute atomic E-state index is 0.110. The summed E-state index contributed by atoms with van der Waals surface area (Å²) in [5.74, 6) is 2.83. The first-order chi connectivity index (χ1) is 11.8. The zero-order valence-corrected chi connectivity index (χ0v) is 16.0. The number of hydrogen-bond acceptors (Lipinski definition) is 3. The molecule has 0 aromatic carbocycles. The van der Waals surface area contributed by atoms with Crippen LogP contribution < -0.4 is 5.32 Å². The van der Waals surface area contributed by atoms with E-state index >= 15 is 0 Å². The van der Waals surface area contributed by atoms with Crippen LogP contribution in [0.2, 0.25) is 0 Å². The minimum Gasteiger partial charge on any atom is -0.462 e. The molecule has 4 nitrogen and oxygen atoms in total. The smallest absolute Gasteiger partial charge is 0.302 e. The van der Waals surface area contributed by atoms with Gasteiger partial charge in [-0.15, -0.1) is 0 Å². The van der Waals surface area contributed by atoms with Gasteiger partial charge in [-0.25, -0.2) is 0 Å². The summed E-state index contributed by atoms with van der Waals surface area (Å²) in [6, 6.07) is 0. The largest absolute Gasteiger partial charge is 0.462 e. The van der Waals surface area contributed by atoms with E-state index in [1.807, 2.05) is 0 Å². The second kappa shape index (κ2) is 5.99. The summed E-state index contributed by atoms with van der Waals surface area (Å²) in [6.45, 7) is 7.23. The predicted octanol–water partition coefficient (Wildman–Crippen LogP) is 3.69. The highest BCUT2D eigenvalue weighted by Crippen LogP contribution is 2.65. The van der Waals surface area contributed by atoms with E-state index in [1.54, 1.807) is 6.92 Å². The minimum atomic E-state index is -0.127. The number of fused-ring (bicyclic) bond motifs is 5. The fourth-order valence-electron chi connectivity index (χ4n) is 7.37. The molecule has 3 aliphatic carbocycles. The van der Waals surface area contributed by atoms with Crippen molar-refractivity contribution < 1.29 is 14.3 Å². The van der Waals surface area contributed by atoms with Crippen LogP contribution in [0.4, 0.5) is 0 Å². The third-order valence-electron chi connectivity index (χ3n) is 8.70. The molecule has 1 heterocycles. The van der Waals surface area contributed by atoms with Gasteiger partial charge in [-0.1, -0.05) is 13.8 Å². The number of amides is 1. The summed E-state index contributed by atoms with van der Waals surface area (Å²) in [4.78, 5) is 23.6. The van der Waals surface area contributed by atoms with Gasteiger partial charge in [-0.05, 0) is 74.0 Å². The summed E-state index contributed by atoms with van der Waals surface area (Å²) in [5.41, 5.74) is 0.456. The van der Waals surface area contributed by atoms with Crippen molar-refractivity contribution in [1.29, 1.82) is 0 Å². The van der Waals surface area contributed by atoms with Crippen LogP contribution in [0.1, 0.15) is 72.1 Å². The topological polar surface area (TPSA) is 55.4 Å².